The van der Waals surface area contributed by atoms with Crippen molar-refractivity contribution < 1.29 is 17.9 Å². The average Bonchev–Trinajstić information content (AvgIpc) is 2.79. The molecule has 0 unspecified atom stereocenters. The summed E-state index contributed by atoms with van der Waals surface area (Å²) in [5.74, 6) is -1.19. The van der Waals surface area contributed by atoms with E-state index in [0.717, 1.165) is 34.7 Å². The summed E-state index contributed by atoms with van der Waals surface area (Å²) in [6.45, 7) is 2.75. The van der Waals surface area contributed by atoms with E-state index in [1.165, 1.54) is 12.1 Å². The molecule has 0 aliphatic carbocycles. The lowest BCUT2D eigenvalue weighted by Gasteiger charge is -2.10. The van der Waals surface area contributed by atoms with E-state index in [1.54, 1.807) is 12.1 Å². The van der Waals surface area contributed by atoms with Gasteiger partial charge in [0.2, 0.25) is 0 Å². The van der Waals surface area contributed by atoms with Gasteiger partial charge in [-0.3, -0.25) is 0 Å². The fourth-order valence-corrected chi connectivity index (χ4v) is 3.65. The zero-order valence-corrected chi connectivity index (χ0v) is 17.3. The van der Waals surface area contributed by atoms with Crippen molar-refractivity contribution in [3.63, 3.8) is 0 Å². The normalized spacial score (nSPS) is 11.1. The average molecular weight is 420 g/mol. The lowest BCUT2D eigenvalue weighted by atomic mass is 9.97. The van der Waals surface area contributed by atoms with Gasteiger partial charge in [-0.15, -0.1) is 0 Å². The first-order valence-electron chi connectivity index (χ1n) is 10.4. The van der Waals surface area contributed by atoms with E-state index in [2.05, 4.69) is 6.92 Å². The van der Waals surface area contributed by atoms with Gasteiger partial charge in [0.1, 0.15) is 11.6 Å². The molecule has 158 valence electrons. The van der Waals surface area contributed by atoms with Crippen LogP contribution in [0.15, 0.2) is 72.8 Å². The number of benzene rings is 4. The van der Waals surface area contributed by atoms with Gasteiger partial charge in [0, 0.05) is 5.39 Å². The minimum atomic E-state index is -0.881. The number of hydrogen-bond donors (Lipinski definition) is 0. The van der Waals surface area contributed by atoms with Crippen molar-refractivity contribution in [2.75, 3.05) is 6.61 Å². The quantitative estimate of drug-likeness (QED) is 0.301. The van der Waals surface area contributed by atoms with Gasteiger partial charge >= 0.3 is 0 Å². The maximum Gasteiger partial charge on any atom is 0.159 e. The molecule has 1 nitrogen and oxygen atoms in total. The molecule has 0 bridgehead atoms. The van der Waals surface area contributed by atoms with Crippen LogP contribution >= 0.6 is 0 Å². The van der Waals surface area contributed by atoms with Crippen molar-refractivity contribution in [3.05, 3.63) is 101 Å². The molecule has 0 spiro atoms. The topological polar surface area (TPSA) is 9.23 Å². The smallest absolute Gasteiger partial charge is 0.159 e. The van der Waals surface area contributed by atoms with Gasteiger partial charge in [0.05, 0.1) is 6.61 Å². The Morgan fingerprint density at radius 3 is 2.23 bits per heavy atom. The Labute approximate surface area is 180 Å². The first-order chi connectivity index (χ1) is 15.0. The number of fused-ring (bicyclic) bond motifs is 1. The standard InChI is InChI=1S/C27H23F3O/c1-2-15-31-23-11-8-19(9-12-23)21-10-13-24-22(17-21)7-6-20(27(24)30)5-3-18-4-14-25(28)26(29)16-18/h4,6-14,16-17H,2-3,5,15H2,1H3. The molecule has 0 saturated carbocycles. The molecule has 0 aliphatic heterocycles. The second-order valence-corrected chi connectivity index (χ2v) is 7.60. The van der Waals surface area contributed by atoms with E-state index in [1.807, 2.05) is 42.5 Å². The molecule has 4 heteroatoms. The van der Waals surface area contributed by atoms with E-state index < -0.39 is 11.6 Å². The second-order valence-electron chi connectivity index (χ2n) is 7.60. The Balaban J connectivity index is 1.54. The van der Waals surface area contributed by atoms with E-state index in [9.17, 15) is 8.78 Å². The van der Waals surface area contributed by atoms with Crippen molar-refractivity contribution in [1.29, 1.82) is 0 Å². The van der Waals surface area contributed by atoms with E-state index in [0.29, 0.717) is 36.0 Å². The van der Waals surface area contributed by atoms with Gasteiger partial charge in [0.25, 0.3) is 0 Å². The molecule has 0 fully saturated rings. The van der Waals surface area contributed by atoms with Gasteiger partial charge in [-0.2, -0.15) is 0 Å². The summed E-state index contributed by atoms with van der Waals surface area (Å²) in [6, 6.07) is 21.0. The summed E-state index contributed by atoms with van der Waals surface area (Å²) in [7, 11) is 0. The van der Waals surface area contributed by atoms with Crippen LogP contribution in [0.2, 0.25) is 0 Å². The molecule has 0 aromatic heterocycles. The van der Waals surface area contributed by atoms with Crippen molar-refractivity contribution in [3.8, 4) is 16.9 Å². The van der Waals surface area contributed by atoms with Crippen LogP contribution in [0.5, 0.6) is 5.75 Å². The summed E-state index contributed by atoms with van der Waals surface area (Å²) in [5.41, 5.74) is 3.24. The molecule has 0 amide bonds. The largest absolute Gasteiger partial charge is 0.494 e. The molecule has 4 aromatic carbocycles. The van der Waals surface area contributed by atoms with Crippen LogP contribution < -0.4 is 4.74 Å². The zero-order chi connectivity index (χ0) is 21.8. The van der Waals surface area contributed by atoms with Crippen molar-refractivity contribution in [2.45, 2.75) is 26.2 Å². The SMILES string of the molecule is CCCOc1ccc(-c2ccc3c(F)c(CCc4ccc(F)c(F)c4)ccc3c2)cc1. The predicted octanol–water partition coefficient (Wildman–Crippen LogP) is 7.50. The van der Waals surface area contributed by atoms with Crippen LogP contribution in [0.25, 0.3) is 21.9 Å². The van der Waals surface area contributed by atoms with Crippen LogP contribution in [-0.4, -0.2) is 6.61 Å². The summed E-state index contributed by atoms with van der Waals surface area (Å²) in [5, 5.41) is 1.37. The summed E-state index contributed by atoms with van der Waals surface area (Å²) < 4.78 is 47.2. The third kappa shape index (κ3) is 4.74. The van der Waals surface area contributed by atoms with E-state index in [-0.39, 0.29) is 5.82 Å². The molecular weight excluding hydrogens is 397 g/mol. The highest BCUT2D eigenvalue weighted by molar-refractivity contribution is 5.88. The third-order valence-corrected chi connectivity index (χ3v) is 5.36. The van der Waals surface area contributed by atoms with Crippen LogP contribution in [0, 0.1) is 17.5 Å². The Kier molecular flexibility index (Phi) is 6.26. The lowest BCUT2D eigenvalue weighted by molar-refractivity contribution is 0.317. The number of rotatable bonds is 7. The molecule has 0 radical (unpaired) electrons. The third-order valence-electron chi connectivity index (χ3n) is 5.36. The Hall–Kier alpha value is -3.27. The van der Waals surface area contributed by atoms with Gasteiger partial charge in [-0.05, 0) is 77.2 Å². The highest BCUT2D eigenvalue weighted by Gasteiger charge is 2.10. The van der Waals surface area contributed by atoms with E-state index in [4.69, 9.17) is 4.74 Å². The Bertz CT molecular complexity index is 1200. The van der Waals surface area contributed by atoms with Gasteiger partial charge in [-0.1, -0.05) is 49.4 Å². The zero-order valence-electron chi connectivity index (χ0n) is 17.3. The lowest BCUT2D eigenvalue weighted by Crippen LogP contribution is -1.97. The Morgan fingerprint density at radius 1 is 0.710 bits per heavy atom. The first kappa shape index (κ1) is 21.0. The summed E-state index contributed by atoms with van der Waals surface area (Å²) in [4.78, 5) is 0. The fraction of sp³-hybridized carbons (Fsp3) is 0.185. The molecule has 0 atom stereocenters. The minimum Gasteiger partial charge on any atom is -0.494 e. The highest BCUT2D eigenvalue weighted by Crippen LogP contribution is 2.29. The number of hydrogen-bond acceptors (Lipinski definition) is 1. The van der Waals surface area contributed by atoms with E-state index >= 15 is 4.39 Å². The van der Waals surface area contributed by atoms with Crippen LogP contribution in [0.3, 0.4) is 0 Å². The number of aryl methyl sites for hydroxylation is 2. The molecule has 4 aromatic rings. The van der Waals surface area contributed by atoms with Gasteiger partial charge in [-0.25, -0.2) is 13.2 Å². The summed E-state index contributed by atoms with van der Waals surface area (Å²) in [6.07, 6.45) is 1.80. The van der Waals surface area contributed by atoms with Crippen molar-refractivity contribution in [1.82, 2.24) is 0 Å². The number of halogens is 3. The number of ether oxygens (including phenoxy) is 1. The maximum atomic E-state index is 15.1. The molecular formula is C27H23F3O. The van der Waals surface area contributed by atoms with Crippen molar-refractivity contribution in [2.24, 2.45) is 0 Å². The van der Waals surface area contributed by atoms with Gasteiger partial charge < -0.3 is 4.74 Å². The molecule has 4 rings (SSSR count). The highest BCUT2D eigenvalue weighted by atomic mass is 19.2. The van der Waals surface area contributed by atoms with Crippen molar-refractivity contribution >= 4 is 10.8 Å². The first-order valence-corrected chi connectivity index (χ1v) is 10.4. The maximum absolute atomic E-state index is 15.1. The summed E-state index contributed by atoms with van der Waals surface area (Å²) >= 11 is 0. The Morgan fingerprint density at radius 2 is 1.48 bits per heavy atom. The second kappa shape index (κ2) is 9.25. The van der Waals surface area contributed by atoms with Crippen LogP contribution in [0.4, 0.5) is 13.2 Å². The van der Waals surface area contributed by atoms with Crippen LogP contribution in [-0.2, 0) is 12.8 Å². The molecule has 0 N–H and O–H groups in total. The molecule has 0 aliphatic rings. The fourth-order valence-electron chi connectivity index (χ4n) is 3.65. The van der Waals surface area contributed by atoms with Gasteiger partial charge in [0.15, 0.2) is 11.6 Å². The monoisotopic (exact) mass is 420 g/mol. The minimum absolute atomic E-state index is 0.269. The molecule has 31 heavy (non-hydrogen) atoms. The predicted molar refractivity (Wildman–Crippen MR) is 119 cm³/mol. The van der Waals surface area contributed by atoms with Crippen LogP contribution in [0.1, 0.15) is 24.5 Å². The molecule has 0 saturated heterocycles. The molecule has 0 heterocycles.